The Morgan fingerprint density at radius 3 is 2.50 bits per heavy atom. The number of rotatable bonds is 6. The average molecular weight is 231 g/mol. The van der Waals surface area contributed by atoms with Crippen LogP contribution in [0.3, 0.4) is 0 Å². The van der Waals surface area contributed by atoms with Gasteiger partial charge < -0.3 is 20.6 Å². The van der Waals surface area contributed by atoms with E-state index in [-0.39, 0.29) is 17.7 Å². The molecule has 0 aliphatic rings. The van der Waals surface area contributed by atoms with E-state index in [9.17, 15) is 4.79 Å². The zero-order valence-corrected chi connectivity index (χ0v) is 10.3. The number of nitrogens with zero attached hydrogens (tertiary/aromatic N) is 2. The van der Waals surface area contributed by atoms with Crippen LogP contribution < -0.4 is 5.73 Å². The molecule has 6 nitrogen and oxygen atoms in total. The molecule has 16 heavy (non-hydrogen) atoms. The SMILES string of the molecule is CCN(CC(C)C(N)=NO)C(=O)C(C)OC. The summed E-state index contributed by atoms with van der Waals surface area (Å²) in [5.41, 5.74) is 5.46. The highest BCUT2D eigenvalue weighted by Crippen LogP contribution is 2.04. The number of carbonyl (C=O) groups excluding carboxylic acids is 1. The standard InChI is InChI=1S/C10H21N3O3/c1-5-13(10(14)8(3)16-4)6-7(2)9(11)12-15/h7-8,15H,5-6H2,1-4H3,(H2,11,12). The first-order valence-electron chi connectivity index (χ1n) is 5.26. The minimum Gasteiger partial charge on any atom is -0.409 e. The van der Waals surface area contributed by atoms with Gasteiger partial charge in [-0.05, 0) is 13.8 Å². The van der Waals surface area contributed by atoms with Gasteiger partial charge >= 0.3 is 0 Å². The van der Waals surface area contributed by atoms with Gasteiger partial charge in [0.25, 0.3) is 5.91 Å². The maximum absolute atomic E-state index is 11.8. The highest BCUT2D eigenvalue weighted by molar-refractivity contribution is 5.84. The molecule has 0 aromatic heterocycles. The highest BCUT2D eigenvalue weighted by Gasteiger charge is 2.21. The lowest BCUT2D eigenvalue weighted by molar-refractivity contribution is -0.141. The van der Waals surface area contributed by atoms with Gasteiger partial charge in [-0.15, -0.1) is 0 Å². The van der Waals surface area contributed by atoms with Crippen LogP contribution in [-0.2, 0) is 9.53 Å². The Labute approximate surface area is 96.0 Å². The van der Waals surface area contributed by atoms with Crippen LogP contribution in [0.15, 0.2) is 5.16 Å². The lowest BCUT2D eigenvalue weighted by Gasteiger charge is -2.26. The second kappa shape index (κ2) is 7.05. The first-order chi connectivity index (χ1) is 7.47. The molecule has 2 atom stereocenters. The number of carbonyl (C=O) groups is 1. The zero-order valence-electron chi connectivity index (χ0n) is 10.3. The summed E-state index contributed by atoms with van der Waals surface area (Å²) in [5, 5.41) is 11.4. The molecule has 0 fully saturated rings. The summed E-state index contributed by atoms with van der Waals surface area (Å²) in [7, 11) is 1.49. The molecule has 0 aliphatic heterocycles. The Hall–Kier alpha value is -1.30. The van der Waals surface area contributed by atoms with E-state index >= 15 is 0 Å². The molecule has 6 heteroatoms. The van der Waals surface area contributed by atoms with Crippen LogP contribution in [0.2, 0.25) is 0 Å². The molecule has 0 rings (SSSR count). The smallest absolute Gasteiger partial charge is 0.251 e. The fourth-order valence-electron chi connectivity index (χ4n) is 1.26. The molecule has 0 aliphatic carbocycles. The van der Waals surface area contributed by atoms with Gasteiger partial charge in [-0.3, -0.25) is 4.79 Å². The van der Waals surface area contributed by atoms with Crippen molar-refractivity contribution in [2.45, 2.75) is 26.9 Å². The number of nitrogens with two attached hydrogens (primary N) is 1. The summed E-state index contributed by atoms with van der Waals surface area (Å²) in [4.78, 5) is 13.4. The number of oxime groups is 1. The quantitative estimate of drug-likeness (QED) is 0.297. The van der Waals surface area contributed by atoms with Gasteiger partial charge in [0.05, 0.1) is 0 Å². The number of hydrogen-bond donors (Lipinski definition) is 2. The lowest BCUT2D eigenvalue weighted by Crippen LogP contribution is -2.43. The predicted molar refractivity (Wildman–Crippen MR) is 61.3 cm³/mol. The molecule has 0 heterocycles. The van der Waals surface area contributed by atoms with E-state index in [1.54, 1.807) is 18.7 Å². The van der Waals surface area contributed by atoms with Gasteiger partial charge in [-0.2, -0.15) is 0 Å². The van der Waals surface area contributed by atoms with Crippen LogP contribution in [0.4, 0.5) is 0 Å². The van der Waals surface area contributed by atoms with Crippen molar-refractivity contribution >= 4 is 11.7 Å². The molecule has 2 unspecified atom stereocenters. The molecule has 0 spiro atoms. The van der Waals surface area contributed by atoms with Crippen molar-refractivity contribution in [3.05, 3.63) is 0 Å². The van der Waals surface area contributed by atoms with E-state index in [0.717, 1.165) is 0 Å². The van der Waals surface area contributed by atoms with Crippen LogP contribution >= 0.6 is 0 Å². The Balaban J connectivity index is 4.46. The van der Waals surface area contributed by atoms with Gasteiger partial charge in [0.2, 0.25) is 0 Å². The minimum atomic E-state index is -0.473. The van der Waals surface area contributed by atoms with Crippen molar-refractivity contribution in [2.24, 2.45) is 16.8 Å². The molecule has 0 aromatic rings. The predicted octanol–water partition coefficient (Wildman–Crippen LogP) is 0.252. The molecule has 0 saturated heterocycles. The van der Waals surface area contributed by atoms with E-state index < -0.39 is 6.10 Å². The van der Waals surface area contributed by atoms with Crippen LogP contribution in [-0.4, -0.2) is 48.2 Å². The molecule has 0 saturated carbocycles. The van der Waals surface area contributed by atoms with Crippen molar-refractivity contribution in [1.29, 1.82) is 0 Å². The maximum atomic E-state index is 11.8. The van der Waals surface area contributed by atoms with Crippen molar-refractivity contribution in [1.82, 2.24) is 4.90 Å². The van der Waals surface area contributed by atoms with E-state index in [4.69, 9.17) is 15.7 Å². The Morgan fingerprint density at radius 1 is 1.56 bits per heavy atom. The average Bonchev–Trinajstić information content (AvgIpc) is 2.32. The summed E-state index contributed by atoms with van der Waals surface area (Å²) in [6.07, 6.45) is -0.473. The molecule has 0 bridgehead atoms. The van der Waals surface area contributed by atoms with Crippen LogP contribution in [0, 0.1) is 5.92 Å². The summed E-state index contributed by atoms with van der Waals surface area (Å²) < 4.78 is 4.96. The fourth-order valence-corrected chi connectivity index (χ4v) is 1.26. The number of methoxy groups -OCH3 is 1. The van der Waals surface area contributed by atoms with Crippen LogP contribution in [0.25, 0.3) is 0 Å². The third-order valence-electron chi connectivity index (χ3n) is 2.51. The normalized spacial score (nSPS) is 15.6. The molecule has 0 radical (unpaired) electrons. The van der Waals surface area contributed by atoms with Gasteiger partial charge in [-0.1, -0.05) is 12.1 Å². The molecule has 1 amide bonds. The highest BCUT2D eigenvalue weighted by atomic mass is 16.5. The monoisotopic (exact) mass is 231 g/mol. The number of amides is 1. The summed E-state index contributed by atoms with van der Waals surface area (Å²) in [5.74, 6) is -0.156. The topological polar surface area (TPSA) is 88.1 Å². The van der Waals surface area contributed by atoms with E-state index in [2.05, 4.69) is 5.16 Å². The van der Waals surface area contributed by atoms with Crippen molar-refractivity contribution in [3.8, 4) is 0 Å². The second-order valence-corrected chi connectivity index (χ2v) is 3.68. The molecule has 3 N–H and O–H groups in total. The Morgan fingerprint density at radius 2 is 2.12 bits per heavy atom. The van der Waals surface area contributed by atoms with Gasteiger partial charge in [0.1, 0.15) is 11.9 Å². The van der Waals surface area contributed by atoms with Crippen molar-refractivity contribution in [3.63, 3.8) is 0 Å². The fraction of sp³-hybridized carbons (Fsp3) is 0.800. The molecule has 0 aromatic carbocycles. The second-order valence-electron chi connectivity index (χ2n) is 3.68. The van der Waals surface area contributed by atoms with E-state index in [0.29, 0.717) is 13.1 Å². The molecular formula is C10H21N3O3. The number of ether oxygens (including phenoxy) is 1. The number of amidine groups is 1. The largest absolute Gasteiger partial charge is 0.409 e. The molecule has 94 valence electrons. The van der Waals surface area contributed by atoms with E-state index in [1.807, 2.05) is 6.92 Å². The van der Waals surface area contributed by atoms with Crippen molar-refractivity contribution in [2.75, 3.05) is 20.2 Å². The zero-order chi connectivity index (χ0) is 12.7. The number of hydrogen-bond acceptors (Lipinski definition) is 4. The third kappa shape index (κ3) is 4.06. The summed E-state index contributed by atoms with van der Waals surface area (Å²) >= 11 is 0. The maximum Gasteiger partial charge on any atom is 0.251 e. The molecular weight excluding hydrogens is 210 g/mol. The first-order valence-corrected chi connectivity index (χ1v) is 5.26. The van der Waals surface area contributed by atoms with Gasteiger partial charge in [0, 0.05) is 26.1 Å². The van der Waals surface area contributed by atoms with Crippen LogP contribution in [0.1, 0.15) is 20.8 Å². The van der Waals surface area contributed by atoms with Gasteiger partial charge in [-0.25, -0.2) is 0 Å². The lowest BCUT2D eigenvalue weighted by atomic mass is 10.1. The number of likely N-dealkylation sites (N-methyl/N-ethyl adjacent to an activating group) is 1. The van der Waals surface area contributed by atoms with Crippen molar-refractivity contribution < 1.29 is 14.7 Å². The summed E-state index contributed by atoms with van der Waals surface area (Å²) in [6.45, 7) is 6.34. The minimum absolute atomic E-state index is 0.0948. The Bertz CT molecular complexity index is 256. The third-order valence-corrected chi connectivity index (χ3v) is 2.51. The van der Waals surface area contributed by atoms with Gasteiger partial charge in [0.15, 0.2) is 0 Å². The first kappa shape index (κ1) is 14.7. The van der Waals surface area contributed by atoms with E-state index in [1.165, 1.54) is 7.11 Å². The summed E-state index contributed by atoms with van der Waals surface area (Å²) in [6, 6.07) is 0. The van der Waals surface area contributed by atoms with Crippen LogP contribution in [0.5, 0.6) is 0 Å². The Kier molecular flexibility index (Phi) is 6.48.